The van der Waals surface area contributed by atoms with Gasteiger partial charge < -0.3 is 10.2 Å². The molecule has 6 heteroatoms. The summed E-state index contributed by atoms with van der Waals surface area (Å²) in [6.07, 6.45) is 6.74. The first-order valence-electron chi connectivity index (χ1n) is 11.3. The average Bonchev–Trinajstić information content (AvgIpc) is 2.74. The number of hydrogen-bond donors (Lipinski definition) is 1. The maximum atomic E-state index is 12.8. The molecule has 1 fully saturated rings. The van der Waals surface area contributed by atoms with E-state index in [4.69, 9.17) is 0 Å². The van der Waals surface area contributed by atoms with Gasteiger partial charge in [-0.25, -0.2) is 0 Å². The molecule has 0 radical (unpaired) electrons. The lowest BCUT2D eigenvalue weighted by Gasteiger charge is -2.35. The van der Waals surface area contributed by atoms with Gasteiger partial charge >= 0.3 is 0 Å². The topological polar surface area (TPSA) is 55.9 Å². The molecule has 0 atom stereocenters. The molecule has 1 aliphatic heterocycles. The van der Waals surface area contributed by atoms with Crippen molar-refractivity contribution in [2.24, 2.45) is 0 Å². The molecule has 1 aromatic rings. The Balaban J connectivity index is 1.44. The first kappa shape index (κ1) is 22.5. The minimum absolute atomic E-state index is 0.0262. The molecular weight excluding hydrogens is 376 g/mol. The van der Waals surface area contributed by atoms with Gasteiger partial charge in [-0.1, -0.05) is 24.3 Å². The first-order valence-corrected chi connectivity index (χ1v) is 11.3. The highest BCUT2D eigenvalue weighted by molar-refractivity contribution is 5.93. The number of benzene rings is 1. The van der Waals surface area contributed by atoms with Crippen molar-refractivity contribution in [1.29, 1.82) is 0 Å². The van der Waals surface area contributed by atoms with Crippen molar-refractivity contribution in [2.45, 2.75) is 46.5 Å². The van der Waals surface area contributed by atoms with Crippen LogP contribution in [0.4, 0.5) is 5.69 Å². The first-order chi connectivity index (χ1) is 14.5. The molecule has 1 aliphatic carbocycles. The number of nitrogens with zero attached hydrogens (tertiary/aromatic N) is 3. The smallest absolute Gasteiger partial charge is 0.240 e. The SMILES string of the molecule is CCN(C(=O)CN1CCN(CC(=O)Nc2c(C)cccc2C)CC1)C1=CCCCC1. The summed E-state index contributed by atoms with van der Waals surface area (Å²) in [4.78, 5) is 31.7. The van der Waals surface area contributed by atoms with Crippen LogP contribution in [0.3, 0.4) is 0 Å². The van der Waals surface area contributed by atoms with Crippen LogP contribution in [0.2, 0.25) is 0 Å². The van der Waals surface area contributed by atoms with Crippen LogP contribution < -0.4 is 5.32 Å². The lowest BCUT2D eigenvalue weighted by Crippen LogP contribution is -2.51. The average molecular weight is 413 g/mol. The van der Waals surface area contributed by atoms with E-state index in [1.54, 1.807) is 0 Å². The van der Waals surface area contributed by atoms with E-state index in [2.05, 4.69) is 28.1 Å². The van der Waals surface area contributed by atoms with Crippen LogP contribution in [0.15, 0.2) is 30.0 Å². The third-order valence-electron chi connectivity index (χ3n) is 6.17. The largest absolute Gasteiger partial charge is 0.324 e. The molecule has 1 aromatic carbocycles. The van der Waals surface area contributed by atoms with Crippen molar-refractivity contribution in [3.05, 3.63) is 41.1 Å². The fourth-order valence-electron chi connectivity index (χ4n) is 4.38. The number of amides is 2. The van der Waals surface area contributed by atoms with E-state index < -0.39 is 0 Å². The number of anilines is 1. The lowest BCUT2D eigenvalue weighted by atomic mass is 10.0. The molecule has 6 nitrogen and oxygen atoms in total. The predicted octanol–water partition coefficient (Wildman–Crippen LogP) is 3.17. The van der Waals surface area contributed by atoms with Gasteiger partial charge in [0.25, 0.3) is 0 Å². The lowest BCUT2D eigenvalue weighted by molar-refractivity contribution is -0.131. The van der Waals surface area contributed by atoms with Crippen LogP contribution in [0, 0.1) is 13.8 Å². The van der Waals surface area contributed by atoms with Gasteiger partial charge in [0.15, 0.2) is 0 Å². The van der Waals surface area contributed by atoms with Gasteiger partial charge in [0, 0.05) is 44.1 Å². The Morgan fingerprint density at radius 3 is 2.20 bits per heavy atom. The summed E-state index contributed by atoms with van der Waals surface area (Å²) in [5.74, 6) is 0.227. The Hall–Kier alpha value is -2.18. The number of aryl methyl sites for hydroxylation is 2. The number of nitrogens with one attached hydrogen (secondary N) is 1. The molecule has 1 heterocycles. The number of carbonyl (C=O) groups is 2. The highest BCUT2D eigenvalue weighted by Gasteiger charge is 2.24. The second-order valence-electron chi connectivity index (χ2n) is 8.45. The molecule has 0 bridgehead atoms. The number of likely N-dealkylation sites (N-methyl/N-ethyl adjacent to an activating group) is 1. The second-order valence-corrected chi connectivity index (χ2v) is 8.45. The third-order valence-corrected chi connectivity index (χ3v) is 6.17. The summed E-state index contributed by atoms with van der Waals surface area (Å²) in [7, 11) is 0. The van der Waals surface area contributed by atoms with Crippen molar-refractivity contribution in [3.63, 3.8) is 0 Å². The quantitative estimate of drug-likeness (QED) is 0.747. The molecule has 1 saturated heterocycles. The second kappa shape index (κ2) is 10.7. The zero-order valence-corrected chi connectivity index (χ0v) is 18.7. The summed E-state index contributed by atoms with van der Waals surface area (Å²) in [5.41, 5.74) is 4.29. The van der Waals surface area contributed by atoms with Crippen LogP contribution in [-0.4, -0.2) is 72.3 Å². The van der Waals surface area contributed by atoms with Gasteiger partial charge in [0.2, 0.25) is 11.8 Å². The van der Waals surface area contributed by atoms with Crippen LogP contribution >= 0.6 is 0 Å². The van der Waals surface area contributed by atoms with E-state index in [0.717, 1.165) is 62.4 Å². The molecule has 30 heavy (non-hydrogen) atoms. The van der Waals surface area contributed by atoms with E-state index >= 15 is 0 Å². The van der Waals surface area contributed by atoms with Crippen LogP contribution in [0.5, 0.6) is 0 Å². The Morgan fingerprint density at radius 1 is 1.00 bits per heavy atom. The molecule has 0 saturated carbocycles. The molecule has 164 valence electrons. The van der Waals surface area contributed by atoms with E-state index in [-0.39, 0.29) is 11.8 Å². The number of piperazine rings is 1. The highest BCUT2D eigenvalue weighted by Crippen LogP contribution is 2.21. The Kier molecular flexibility index (Phi) is 8.05. The number of rotatable bonds is 7. The molecule has 1 N–H and O–H groups in total. The zero-order valence-electron chi connectivity index (χ0n) is 18.7. The van der Waals surface area contributed by atoms with Crippen molar-refractivity contribution in [1.82, 2.24) is 14.7 Å². The van der Waals surface area contributed by atoms with Crippen LogP contribution in [-0.2, 0) is 9.59 Å². The van der Waals surface area contributed by atoms with E-state index in [1.165, 1.54) is 18.5 Å². The summed E-state index contributed by atoms with van der Waals surface area (Å²) in [6.45, 7) is 10.9. The summed E-state index contributed by atoms with van der Waals surface area (Å²) in [6, 6.07) is 6.04. The van der Waals surface area contributed by atoms with Crippen LogP contribution in [0.25, 0.3) is 0 Å². The fraction of sp³-hybridized carbons (Fsp3) is 0.583. The Labute approximate surface area is 180 Å². The predicted molar refractivity (Wildman–Crippen MR) is 121 cm³/mol. The van der Waals surface area contributed by atoms with Gasteiger partial charge in [-0.05, 0) is 57.6 Å². The molecule has 3 rings (SSSR count). The Morgan fingerprint density at radius 2 is 1.63 bits per heavy atom. The van der Waals surface area contributed by atoms with E-state index in [9.17, 15) is 9.59 Å². The molecule has 0 unspecified atom stereocenters. The van der Waals surface area contributed by atoms with E-state index in [1.807, 2.05) is 36.9 Å². The van der Waals surface area contributed by atoms with Crippen LogP contribution in [0.1, 0.15) is 43.7 Å². The number of hydrogen-bond acceptors (Lipinski definition) is 4. The number of allylic oxidation sites excluding steroid dienone is 2. The highest BCUT2D eigenvalue weighted by atomic mass is 16.2. The maximum absolute atomic E-state index is 12.8. The molecule has 0 aromatic heterocycles. The van der Waals surface area contributed by atoms with Gasteiger partial charge in [-0.15, -0.1) is 0 Å². The minimum atomic E-state index is 0.0262. The standard InChI is InChI=1S/C24H36N4O2/c1-4-28(21-11-6-5-7-12-21)23(30)18-27-15-13-26(14-16-27)17-22(29)25-24-19(2)9-8-10-20(24)3/h8-11H,4-7,12-18H2,1-3H3,(H,25,29). The minimum Gasteiger partial charge on any atom is -0.324 e. The Bertz CT molecular complexity index is 761. The van der Waals surface area contributed by atoms with Gasteiger partial charge in [0.1, 0.15) is 0 Å². The monoisotopic (exact) mass is 412 g/mol. The van der Waals surface area contributed by atoms with Crippen molar-refractivity contribution in [2.75, 3.05) is 51.1 Å². The number of para-hydroxylation sites is 1. The fourth-order valence-corrected chi connectivity index (χ4v) is 4.38. The van der Waals surface area contributed by atoms with Gasteiger partial charge in [-0.3, -0.25) is 19.4 Å². The summed E-state index contributed by atoms with van der Waals surface area (Å²) < 4.78 is 0. The number of carbonyl (C=O) groups excluding carboxylic acids is 2. The van der Waals surface area contributed by atoms with Gasteiger partial charge in [0.05, 0.1) is 13.1 Å². The van der Waals surface area contributed by atoms with Crippen molar-refractivity contribution < 1.29 is 9.59 Å². The van der Waals surface area contributed by atoms with Crippen molar-refractivity contribution >= 4 is 17.5 Å². The molecule has 0 spiro atoms. The normalized spacial score (nSPS) is 18.0. The third kappa shape index (κ3) is 5.92. The molecular formula is C24H36N4O2. The summed E-state index contributed by atoms with van der Waals surface area (Å²) >= 11 is 0. The molecule has 2 aliphatic rings. The van der Waals surface area contributed by atoms with Gasteiger partial charge in [-0.2, -0.15) is 0 Å². The zero-order chi connectivity index (χ0) is 21.5. The maximum Gasteiger partial charge on any atom is 0.240 e. The summed E-state index contributed by atoms with van der Waals surface area (Å²) in [5, 5.41) is 3.07. The molecule has 2 amide bonds. The van der Waals surface area contributed by atoms with Crippen molar-refractivity contribution in [3.8, 4) is 0 Å². The van der Waals surface area contributed by atoms with E-state index in [0.29, 0.717) is 13.1 Å².